The third-order valence-electron chi connectivity index (χ3n) is 19.8. The Labute approximate surface area is 578 Å². The number of aromatic nitrogens is 1. The van der Waals surface area contributed by atoms with Gasteiger partial charge in [0.05, 0.1) is 27.4 Å². The predicted molar refractivity (Wildman–Crippen MR) is 417 cm³/mol. The van der Waals surface area contributed by atoms with Crippen LogP contribution in [0.2, 0.25) is 5.02 Å². The Hall–Kier alpha value is -9.49. The van der Waals surface area contributed by atoms with E-state index in [0.29, 0.717) is 5.02 Å². The van der Waals surface area contributed by atoms with Crippen LogP contribution in [0, 0.1) is 0 Å². The van der Waals surface area contributed by atoms with Crippen LogP contribution in [0.1, 0.15) is 158 Å². The number of halogens is 1. The lowest BCUT2D eigenvalue weighted by atomic mass is 9.85. The summed E-state index contributed by atoms with van der Waals surface area (Å²) in [7, 11) is 0. The molecule has 0 unspecified atom stereocenters. The molecule has 0 aliphatic carbocycles. The molecule has 0 saturated heterocycles. The summed E-state index contributed by atoms with van der Waals surface area (Å²) in [5, 5.41) is 7.31. The molecule has 0 atom stereocenters. The first-order valence-electron chi connectivity index (χ1n) is 34.4. The highest BCUT2D eigenvalue weighted by atomic mass is 35.5. The monoisotopic (exact) mass is 1290 g/mol. The molecule has 14 rings (SSSR count). The molecule has 6 nitrogen and oxygen atoms in total. The Kier molecular flexibility index (Phi) is 15.6. The maximum Gasteiger partial charge on any atom is 0.135 e. The van der Waals surface area contributed by atoms with E-state index in [9.17, 15) is 0 Å². The molecule has 14 aromatic rings. The third kappa shape index (κ3) is 12.0. The average Bonchev–Trinajstić information content (AvgIpc) is 1.57. The first-order chi connectivity index (χ1) is 45.8. The fraction of sp³-hybridized carbons (Fsp3) is 0.267. The molecule has 11 aromatic carbocycles. The minimum atomic E-state index is -0.323. The van der Waals surface area contributed by atoms with Gasteiger partial charge in [-0.05, 0) is 211 Å². The fourth-order valence-electron chi connectivity index (χ4n) is 13.9. The Bertz CT molecular complexity index is 5350. The number of anilines is 9. The van der Waals surface area contributed by atoms with E-state index >= 15 is 0 Å². The predicted octanol–water partition coefficient (Wildman–Crippen LogP) is 27.4. The van der Waals surface area contributed by atoms with Gasteiger partial charge in [-0.1, -0.05) is 215 Å². The zero-order chi connectivity index (χ0) is 68.6. The van der Waals surface area contributed by atoms with Gasteiger partial charge in [0.15, 0.2) is 0 Å². The van der Waals surface area contributed by atoms with Crippen LogP contribution in [0.25, 0.3) is 71.4 Å². The maximum atomic E-state index is 8.55. The molecule has 3 aromatic heterocycles. The molecule has 0 aliphatic rings. The lowest BCUT2D eigenvalue weighted by Crippen LogP contribution is -2.19. The number of rotatable bonds is 10. The molecule has 0 radical (unpaired) electrons. The van der Waals surface area contributed by atoms with Gasteiger partial charge in [0.25, 0.3) is 0 Å². The van der Waals surface area contributed by atoms with E-state index in [1.165, 1.54) is 33.2 Å². The Morgan fingerprint density at radius 2 is 0.639 bits per heavy atom. The average molecular weight is 1300 g/mol. The van der Waals surface area contributed by atoms with Gasteiger partial charge in [-0.25, -0.2) is 0 Å². The van der Waals surface area contributed by atoms with Gasteiger partial charge in [-0.3, -0.25) is 0 Å². The highest BCUT2D eigenvalue weighted by Crippen LogP contribution is 2.52. The third-order valence-corrected chi connectivity index (χ3v) is 20.2. The van der Waals surface area contributed by atoms with Crippen LogP contribution in [0.5, 0.6) is 0 Å². The summed E-state index contributed by atoms with van der Waals surface area (Å²) in [5.74, 6) is 0. The first kappa shape index (κ1) is 64.8. The minimum Gasteiger partial charge on any atom is -0.456 e. The normalized spacial score (nSPS) is 12.9. The molecule has 97 heavy (non-hydrogen) atoms. The van der Waals surface area contributed by atoms with Crippen molar-refractivity contribution in [1.82, 2.24) is 4.57 Å². The Morgan fingerprint density at radius 1 is 0.258 bits per heavy atom. The smallest absolute Gasteiger partial charge is 0.135 e. The van der Waals surface area contributed by atoms with Gasteiger partial charge in [-0.15, -0.1) is 0 Å². The standard InChI is InChI=1S/C90H91ClN4O2/c1-85(2,3)56-26-34-62(35-27-56)92(67-41-46-83-75(53-67)73-49-60(89(13,14)15)33-45-81(73)97-83)65-22-21-23-66(52-65)93(63-36-28-57(29-37-63)86(4,5)6)78-50-61(90(16,17)18)51-79(84(78)91)94(64-38-30-58(31-39-64)87(7,8)9)69-40-43-70-72-48-59(88(10,11)12)32-44-76(72)95(77(70)55-69)68-42-47-82-74(54-68)71-24-19-20-25-80(71)96-82/h19-55H,1-18H3. The number of benzene rings is 11. The van der Waals surface area contributed by atoms with E-state index in [-0.39, 0.29) is 32.5 Å². The van der Waals surface area contributed by atoms with E-state index in [4.69, 9.17) is 20.4 Å². The summed E-state index contributed by atoms with van der Waals surface area (Å²) in [4.78, 5) is 7.16. The second-order valence-corrected chi connectivity index (χ2v) is 33.4. The quantitative estimate of drug-likeness (QED) is 0.136. The number of para-hydroxylation sites is 1. The van der Waals surface area contributed by atoms with Crippen molar-refractivity contribution in [3.05, 3.63) is 263 Å². The summed E-state index contributed by atoms with van der Waals surface area (Å²) in [6.45, 7) is 41.1. The van der Waals surface area contributed by atoms with Gasteiger partial charge in [0, 0.05) is 77.8 Å². The molecule has 0 spiro atoms. The van der Waals surface area contributed by atoms with Crippen LogP contribution in [0.3, 0.4) is 0 Å². The van der Waals surface area contributed by atoms with Crippen LogP contribution >= 0.6 is 11.6 Å². The number of furan rings is 2. The molecule has 0 aliphatic heterocycles. The van der Waals surface area contributed by atoms with E-state index in [0.717, 1.165) is 123 Å². The molecule has 7 heteroatoms. The van der Waals surface area contributed by atoms with Crippen molar-refractivity contribution >= 4 is 128 Å². The van der Waals surface area contributed by atoms with Crippen LogP contribution in [0.4, 0.5) is 51.2 Å². The molecule has 0 N–H and O–H groups in total. The van der Waals surface area contributed by atoms with Crippen LogP contribution in [-0.4, -0.2) is 4.57 Å². The molecule has 0 saturated carbocycles. The van der Waals surface area contributed by atoms with Crippen molar-refractivity contribution in [3.8, 4) is 5.69 Å². The zero-order valence-corrected chi connectivity index (χ0v) is 60.6. The van der Waals surface area contributed by atoms with Crippen molar-refractivity contribution in [1.29, 1.82) is 0 Å². The molecule has 490 valence electrons. The van der Waals surface area contributed by atoms with E-state index in [1.54, 1.807) is 0 Å². The summed E-state index contributed by atoms with van der Waals surface area (Å²) >= 11 is 8.55. The molecule has 0 fully saturated rings. The van der Waals surface area contributed by atoms with Crippen LogP contribution in [0.15, 0.2) is 233 Å². The zero-order valence-electron chi connectivity index (χ0n) is 59.8. The number of hydrogen-bond donors (Lipinski definition) is 0. The molecule has 0 bridgehead atoms. The second kappa shape index (κ2) is 23.4. The lowest BCUT2D eigenvalue weighted by Gasteiger charge is -2.34. The second-order valence-electron chi connectivity index (χ2n) is 33.0. The minimum absolute atomic E-state index is 0.0352. The lowest BCUT2D eigenvalue weighted by molar-refractivity contribution is 0.589. The summed E-state index contributed by atoms with van der Waals surface area (Å²) in [5.41, 5.74) is 22.2. The van der Waals surface area contributed by atoms with Crippen molar-refractivity contribution in [3.63, 3.8) is 0 Å². The largest absolute Gasteiger partial charge is 0.456 e. The van der Waals surface area contributed by atoms with E-state index in [2.05, 4.69) is 362 Å². The Morgan fingerprint density at radius 3 is 1.16 bits per heavy atom. The van der Waals surface area contributed by atoms with Gasteiger partial charge < -0.3 is 28.1 Å². The molecule has 3 heterocycles. The summed E-state index contributed by atoms with van der Waals surface area (Å²) < 4.78 is 15.5. The number of fused-ring (bicyclic) bond motifs is 9. The first-order valence-corrected chi connectivity index (χ1v) is 34.8. The van der Waals surface area contributed by atoms with Crippen LogP contribution in [-0.2, 0) is 32.5 Å². The number of hydrogen-bond acceptors (Lipinski definition) is 5. The summed E-state index contributed by atoms with van der Waals surface area (Å²) in [6, 6.07) is 83.2. The van der Waals surface area contributed by atoms with Crippen molar-refractivity contribution < 1.29 is 8.83 Å². The van der Waals surface area contributed by atoms with Gasteiger partial charge in [-0.2, -0.15) is 0 Å². The highest BCUT2D eigenvalue weighted by molar-refractivity contribution is 6.37. The highest BCUT2D eigenvalue weighted by Gasteiger charge is 2.31. The topological polar surface area (TPSA) is 40.9 Å². The number of nitrogens with zero attached hydrogens (tertiary/aromatic N) is 4. The van der Waals surface area contributed by atoms with Crippen molar-refractivity contribution in [2.75, 3.05) is 14.7 Å². The maximum absolute atomic E-state index is 8.55. The van der Waals surface area contributed by atoms with Gasteiger partial charge in [0.2, 0.25) is 0 Å². The molecule has 0 amide bonds. The fourth-order valence-corrected chi connectivity index (χ4v) is 14.2. The van der Waals surface area contributed by atoms with Gasteiger partial charge in [0.1, 0.15) is 22.3 Å². The Balaban J connectivity index is 1.01. The van der Waals surface area contributed by atoms with Crippen molar-refractivity contribution in [2.24, 2.45) is 0 Å². The van der Waals surface area contributed by atoms with E-state index < -0.39 is 0 Å². The molecular formula is C90H91ClN4O2. The van der Waals surface area contributed by atoms with Crippen LogP contribution < -0.4 is 14.7 Å². The van der Waals surface area contributed by atoms with Gasteiger partial charge >= 0.3 is 0 Å². The molecular weight excluding hydrogens is 1200 g/mol. The SMILES string of the molecule is CC(C)(C)c1ccc(N(c2cccc(N(c3ccc(C(C)(C)C)cc3)c3cc(C(C)(C)C)cc(N(c4ccc(C(C)(C)C)cc4)c4ccc5c6cc(C(C)(C)C)ccc6n(-c6ccc7oc8ccccc8c7c6)c5c4)c3Cl)c2)c2ccc3oc4ccc(C(C)(C)C)cc4c3c2)cc1. The van der Waals surface area contributed by atoms with Crippen molar-refractivity contribution in [2.45, 2.75) is 157 Å². The van der Waals surface area contributed by atoms with E-state index in [1.807, 2.05) is 6.07 Å². The summed E-state index contributed by atoms with van der Waals surface area (Å²) in [6.07, 6.45) is 0.